The Kier molecular flexibility index (Phi) is 11.3. The third-order valence-corrected chi connectivity index (χ3v) is 11.1. The van der Waals surface area contributed by atoms with E-state index in [1.807, 2.05) is 108 Å². The van der Waals surface area contributed by atoms with Crippen LogP contribution in [0.25, 0.3) is 6.08 Å². The number of amides is 4. The number of likely N-dealkylation sites (tertiary alicyclic amines) is 1. The van der Waals surface area contributed by atoms with Gasteiger partial charge < -0.3 is 19.9 Å². The molecule has 52 heavy (non-hydrogen) atoms. The van der Waals surface area contributed by atoms with Crippen molar-refractivity contribution < 1.29 is 23.9 Å². The molecule has 7 rings (SSSR count). The number of piperazine rings is 1. The van der Waals surface area contributed by atoms with Gasteiger partial charge in [-0.2, -0.15) is 0 Å². The second-order valence-corrected chi connectivity index (χ2v) is 14.3. The van der Waals surface area contributed by atoms with Crippen LogP contribution in [0.3, 0.4) is 0 Å². The average molecular weight is 704 g/mol. The van der Waals surface area contributed by atoms with Crippen LogP contribution in [0.1, 0.15) is 67.7 Å². The number of carbonyl (C=O) groups is 4. The molecule has 1 saturated carbocycles. The van der Waals surface area contributed by atoms with Gasteiger partial charge in [-0.1, -0.05) is 122 Å². The summed E-state index contributed by atoms with van der Waals surface area (Å²) in [4.78, 5) is 63.3. The van der Waals surface area contributed by atoms with Gasteiger partial charge in [0, 0.05) is 45.2 Å². The van der Waals surface area contributed by atoms with Gasteiger partial charge in [-0.3, -0.25) is 24.2 Å². The van der Waals surface area contributed by atoms with E-state index in [0.717, 1.165) is 29.8 Å². The summed E-state index contributed by atoms with van der Waals surface area (Å²) in [7, 11) is 0. The lowest BCUT2D eigenvalue weighted by molar-refractivity contribution is -0.166. The van der Waals surface area contributed by atoms with Crippen LogP contribution in [0.15, 0.2) is 97.1 Å². The Bertz CT molecular complexity index is 1710. The van der Waals surface area contributed by atoms with Crippen molar-refractivity contribution in [2.24, 2.45) is 0 Å². The van der Waals surface area contributed by atoms with Crippen molar-refractivity contribution in [1.82, 2.24) is 24.9 Å². The van der Waals surface area contributed by atoms with Crippen LogP contribution in [0.2, 0.25) is 0 Å². The molecule has 3 saturated heterocycles. The molecule has 4 aliphatic rings. The van der Waals surface area contributed by atoms with Crippen molar-refractivity contribution in [3.8, 4) is 0 Å². The fourth-order valence-corrected chi connectivity index (χ4v) is 8.30. The minimum Gasteiger partial charge on any atom is -0.447 e. The molecule has 4 atom stereocenters. The number of hydrogen-bond acceptors (Lipinski definition) is 6. The Morgan fingerprint density at radius 1 is 0.827 bits per heavy atom. The van der Waals surface area contributed by atoms with E-state index < -0.39 is 30.3 Å². The predicted molar refractivity (Wildman–Crippen MR) is 199 cm³/mol. The summed E-state index contributed by atoms with van der Waals surface area (Å²) in [5.74, 6) is -0.643. The van der Waals surface area contributed by atoms with E-state index in [1.54, 1.807) is 9.80 Å². The average Bonchev–Trinajstić information content (AvgIpc) is 3.58. The Morgan fingerprint density at radius 3 is 2.17 bits per heavy atom. The van der Waals surface area contributed by atoms with E-state index >= 15 is 0 Å². The SMILES string of the molecule is O=C(CC[C@@H](C(=O)N1CCN(C2CCCCC2)CC1)N1C(=O)[C@@H](N2C(=O)OC[C@@H]2c2ccccc2)[C@H]1/C=C/c1ccccc1)NCc1ccccc1. The first-order chi connectivity index (χ1) is 25.5. The molecule has 4 fully saturated rings. The molecule has 3 aliphatic heterocycles. The van der Waals surface area contributed by atoms with Gasteiger partial charge in [0.1, 0.15) is 18.7 Å². The fraction of sp³-hybridized carbons (Fsp3) is 0.429. The Morgan fingerprint density at radius 2 is 1.48 bits per heavy atom. The van der Waals surface area contributed by atoms with Crippen LogP contribution in [-0.4, -0.2) is 100 Å². The molecule has 3 heterocycles. The molecule has 0 radical (unpaired) electrons. The molecule has 0 spiro atoms. The molecule has 1 N–H and O–H groups in total. The smallest absolute Gasteiger partial charge is 0.411 e. The fourth-order valence-electron chi connectivity index (χ4n) is 8.30. The number of benzene rings is 3. The van der Waals surface area contributed by atoms with E-state index in [0.29, 0.717) is 25.7 Å². The van der Waals surface area contributed by atoms with Crippen LogP contribution < -0.4 is 5.32 Å². The molecule has 0 unspecified atom stereocenters. The lowest BCUT2D eigenvalue weighted by Crippen LogP contribution is -2.74. The van der Waals surface area contributed by atoms with Crippen LogP contribution in [0.5, 0.6) is 0 Å². The Balaban J connectivity index is 1.15. The largest absolute Gasteiger partial charge is 0.447 e. The molecule has 0 aromatic heterocycles. The Hall–Kier alpha value is -4.96. The van der Waals surface area contributed by atoms with Gasteiger partial charge in [0.2, 0.25) is 17.7 Å². The number of nitrogens with one attached hydrogen (secondary N) is 1. The van der Waals surface area contributed by atoms with Gasteiger partial charge >= 0.3 is 6.09 Å². The highest BCUT2D eigenvalue weighted by Crippen LogP contribution is 2.39. The van der Waals surface area contributed by atoms with Gasteiger partial charge in [0.25, 0.3) is 0 Å². The monoisotopic (exact) mass is 703 g/mol. The molecule has 1 aliphatic carbocycles. The van der Waals surface area contributed by atoms with Gasteiger partial charge in [-0.05, 0) is 36.0 Å². The molecule has 3 aromatic rings. The van der Waals surface area contributed by atoms with Crippen LogP contribution in [-0.2, 0) is 25.7 Å². The minimum atomic E-state index is -0.869. The first-order valence-corrected chi connectivity index (χ1v) is 18.9. The quantitative estimate of drug-likeness (QED) is 0.253. The zero-order valence-electron chi connectivity index (χ0n) is 29.7. The molecule has 10 nitrogen and oxygen atoms in total. The number of nitrogens with zero attached hydrogens (tertiary/aromatic N) is 4. The van der Waals surface area contributed by atoms with Gasteiger partial charge in [-0.15, -0.1) is 0 Å². The molecular formula is C42H49N5O5. The van der Waals surface area contributed by atoms with Crippen molar-refractivity contribution >= 4 is 29.9 Å². The summed E-state index contributed by atoms with van der Waals surface area (Å²) in [5, 5.41) is 2.98. The first kappa shape index (κ1) is 35.4. The standard InChI is InChI=1S/C42H49N5O5/c48-38(43-29-32-15-7-2-8-16-32)24-23-36(40(49)45-27-25-44(26-28-45)34-19-11-4-12-20-34)46-35(22-21-31-13-5-1-6-14-31)39(41(46)50)47-37(30-52-42(47)51)33-17-9-3-10-18-33/h1-3,5-10,13-18,21-22,34-37,39H,4,11-12,19-20,23-30H2,(H,43,48)/b22-21+/t35-,36+,37-,39+/m1/s1. The van der Waals surface area contributed by atoms with Crippen LogP contribution in [0.4, 0.5) is 4.79 Å². The lowest BCUT2D eigenvalue weighted by atomic mass is 9.87. The van der Waals surface area contributed by atoms with Crippen molar-refractivity contribution in [2.45, 2.75) is 81.7 Å². The maximum atomic E-state index is 14.6. The number of β-lactam (4-membered cyclic amide) rings is 1. The van der Waals surface area contributed by atoms with E-state index in [1.165, 1.54) is 32.1 Å². The highest BCUT2D eigenvalue weighted by molar-refractivity contribution is 5.98. The lowest BCUT2D eigenvalue weighted by Gasteiger charge is -2.53. The summed E-state index contributed by atoms with van der Waals surface area (Å²) in [6, 6.07) is 26.8. The second kappa shape index (κ2) is 16.6. The second-order valence-electron chi connectivity index (χ2n) is 14.3. The molecule has 10 heteroatoms. The van der Waals surface area contributed by atoms with E-state index in [4.69, 9.17) is 4.74 Å². The normalized spacial score (nSPS) is 23.4. The zero-order chi connectivity index (χ0) is 35.9. The third-order valence-electron chi connectivity index (χ3n) is 11.1. The summed E-state index contributed by atoms with van der Waals surface area (Å²) >= 11 is 0. The van der Waals surface area contributed by atoms with Gasteiger partial charge in [0.05, 0.1) is 12.1 Å². The summed E-state index contributed by atoms with van der Waals surface area (Å²) < 4.78 is 5.55. The molecule has 0 bridgehead atoms. The predicted octanol–water partition coefficient (Wildman–Crippen LogP) is 5.41. The highest BCUT2D eigenvalue weighted by Gasteiger charge is 2.58. The maximum absolute atomic E-state index is 14.6. The topological polar surface area (TPSA) is 103 Å². The molecule has 272 valence electrons. The van der Waals surface area contributed by atoms with Crippen molar-refractivity contribution in [3.63, 3.8) is 0 Å². The van der Waals surface area contributed by atoms with E-state index in [2.05, 4.69) is 10.2 Å². The zero-order valence-corrected chi connectivity index (χ0v) is 29.7. The first-order valence-electron chi connectivity index (χ1n) is 18.9. The Labute approximate surface area is 306 Å². The van der Waals surface area contributed by atoms with Gasteiger partial charge in [0.15, 0.2) is 0 Å². The number of hydrogen-bond donors (Lipinski definition) is 1. The van der Waals surface area contributed by atoms with Crippen LogP contribution >= 0.6 is 0 Å². The van der Waals surface area contributed by atoms with Crippen LogP contribution in [0, 0.1) is 0 Å². The van der Waals surface area contributed by atoms with E-state index in [9.17, 15) is 19.2 Å². The van der Waals surface area contributed by atoms with Gasteiger partial charge in [-0.25, -0.2) is 4.79 Å². The van der Waals surface area contributed by atoms with Crippen molar-refractivity contribution in [1.29, 1.82) is 0 Å². The number of ether oxygens (including phenoxy) is 1. The third kappa shape index (κ3) is 7.92. The number of cyclic esters (lactones) is 1. The summed E-state index contributed by atoms with van der Waals surface area (Å²) in [5.41, 5.74) is 2.80. The summed E-state index contributed by atoms with van der Waals surface area (Å²) in [6.45, 7) is 3.27. The molecule has 4 amide bonds. The number of carbonyl (C=O) groups excluding carboxylic acids is 4. The minimum absolute atomic E-state index is 0.0766. The molecule has 3 aromatic carbocycles. The van der Waals surface area contributed by atoms with Crippen molar-refractivity contribution in [2.75, 3.05) is 32.8 Å². The molecular weight excluding hydrogens is 654 g/mol. The van der Waals surface area contributed by atoms with E-state index in [-0.39, 0.29) is 37.2 Å². The number of rotatable bonds is 12. The highest BCUT2D eigenvalue weighted by atomic mass is 16.6. The summed E-state index contributed by atoms with van der Waals surface area (Å²) in [6.07, 6.45) is 9.77. The van der Waals surface area contributed by atoms with Crippen molar-refractivity contribution in [3.05, 3.63) is 114 Å². The maximum Gasteiger partial charge on any atom is 0.411 e.